The number of nitrogens with one attached hydrogen (secondary N) is 1. The summed E-state index contributed by atoms with van der Waals surface area (Å²) in [6.45, 7) is 0. The van der Waals surface area contributed by atoms with Crippen molar-refractivity contribution < 1.29 is 23.3 Å². The van der Waals surface area contributed by atoms with Gasteiger partial charge in [0.2, 0.25) is 0 Å². The summed E-state index contributed by atoms with van der Waals surface area (Å²) in [5.41, 5.74) is 0.373. The van der Waals surface area contributed by atoms with E-state index < -0.39 is 28.3 Å². The zero-order valence-electron chi connectivity index (χ0n) is 10.9. The van der Waals surface area contributed by atoms with Gasteiger partial charge in [-0.25, -0.2) is 4.39 Å². The third-order valence-corrected chi connectivity index (χ3v) is 3.87. The maximum atomic E-state index is 13.6. The number of aromatic nitrogens is 1. The first-order valence-corrected chi connectivity index (χ1v) is 7.40. The van der Waals surface area contributed by atoms with Crippen molar-refractivity contribution in [3.05, 3.63) is 54.1 Å². The molecule has 3 N–H and O–H groups in total. The highest BCUT2D eigenvalue weighted by molar-refractivity contribution is 8.15. The molecule has 116 valence electrons. The number of amides is 1. The van der Waals surface area contributed by atoms with E-state index in [2.05, 4.69) is 10.3 Å². The first-order valence-electron chi connectivity index (χ1n) is 5.87. The molecule has 0 saturated heterocycles. The third-order valence-electron chi connectivity index (χ3n) is 2.43. The number of pyridine rings is 1. The summed E-state index contributed by atoms with van der Waals surface area (Å²) in [5.74, 6) is -1.29. The molecule has 1 amide bonds. The quantitative estimate of drug-likeness (QED) is 0.571. The van der Waals surface area contributed by atoms with Gasteiger partial charge in [-0.15, -0.1) is 0 Å². The first kappa shape index (κ1) is 16.7. The zero-order valence-corrected chi connectivity index (χ0v) is 12.5. The number of benzene rings is 1. The Morgan fingerprint density at radius 3 is 2.68 bits per heavy atom. The van der Waals surface area contributed by atoms with Crippen LogP contribution in [0.2, 0.25) is 0 Å². The van der Waals surface area contributed by atoms with E-state index in [0.717, 1.165) is 12.1 Å². The molecule has 0 saturated carbocycles. The fourth-order valence-corrected chi connectivity index (χ4v) is 2.54. The molecule has 0 atom stereocenters. The second-order valence-electron chi connectivity index (χ2n) is 4.04. The van der Waals surface area contributed by atoms with Crippen molar-refractivity contribution >= 4 is 35.5 Å². The van der Waals surface area contributed by atoms with E-state index in [1.54, 1.807) is 12.1 Å². The van der Waals surface area contributed by atoms with Gasteiger partial charge in [-0.05, 0) is 42.1 Å². The molecule has 9 heteroatoms. The molecule has 0 aliphatic rings. The van der Waals surface area contributed by atoms with Crippen LogP contribution in [0.15, 0.2) is 47.5 Å². The second-order valence-corrected chi connectivity index (χ2v) is 6.24. The molecule has 0 unspecified atom stereocenters. The van der Waals surface area contributed by atoms with Crippen molar-refractivity contribution in [2.45, 2.75) is 9.35 Å². The van der Waals surface area contributed by atoms with E-state index in [-0.39, 0.29) is 28.0 Å². The first-order chi connectivity index (χ1) is 10.4. The summed E-state index contributed by atoms with van der Waals surface area (Å²) < 4.78 is 23.1. The number of carbonyl (C=O) groups is 1. The maximum Gasteiger partial charge on any atom is 0.300 e. The number of hydrogen-bond donors (Lipinski definition) is 3. The molecule has 0 radical (unpaired) electrons. The smallest absolute Gasteiger partial charge is 0.300 e. The Bertz CT molecular complexity index is 672. The van der Waals surface area contributed by atoms with Gasteiger partial charge in [0.25, 0.3) is 10.4 Å². The van der Waals surface area contributed by atoms with E-state index >= 15 is 0 Å². The summed E-state index contributed by atoms with van der Waals surface area (Å²) in [4.78, 5) is 15.6. The molecule has 0 aliphatic carbocycles. The Morgan fingerprint density at radius 1 is 1.27 bits per heavy atom. The molecule has 1 aromatic carbocycles. The topological polar surface area (TPSA) is 82.5 Å². The standard InChI is InChI=1S/C13H10F2N2O3S2/c14-9-5-4-8(7-11(9)21-13(19,20)22-15)17-12(18)10-3-1-2-6-16-10/h1-7,19-20H,(H,17,18). The van der Waals surface area contributed by atoms with Crippen LogP contribution in [0.5, 0.6) is 0 Å². The number of halogens is 2. The number of anilines is 1. The van der Waals surface area contributed by atoms with Gasteiger partial charge in [0.05, 0.1) is 4.90 Å². The molecule has 2 aromatic rings. The minimum Gasteiger partial charge on any atom is -0.347 e. The average Bonchev–Trinajstić information content (AvgIpc) is 2.51. The molecule has 0 bridgehead atoms. The molecule has 0 spiro atoms. The monoisotopic (exact) mass is 344 g/mol. The predicted molar refractivity (Wildman–Crippen MR) is 80.3 cm³/mol. The zero-order chi connectivity index (χ0) is 16.2. The minimum absolute atomic E-state index is 0.166. The van der Waals surface area contributed by atoms with Crippen LogP contribution in [0.3, 0.4) is 0 Å². The van der Waals surface area contributed by atoms with Gasteiger partial charge in [-0.1, -0.05) is 6.07 Å². The number of aliphatic hydroxyl groups is 2. The predicted octanol–water partition coefficient (Wildman–Crippen LogP) is 2.78. The number of rotatable bonds is 5. The highest BCUT2D eigenvalue weighted by atomic mass is 32.2. The lowest BCUT2D eigenvalue weighted by Crippen LogP contribution is -2.16. The number of carbonyl (C=O) groups excluding carboxylic acids is 1. The van der Waals surface area contributed by atoms with Crippen LogP contribution in [-0.2, 0) is 0 Å². The van der Waals surface area contributed by atoms with Crippen molar-refractivity contribution in [3.63, 3.8) is 0 Å². The van der Waals surface area contributed by atoms with Crippen LogP contribution >= 0.6 is 23.9 Å². The molecule has 1 aromatic heterocycles. The molecule has 1 heterocycles. The molecular weight excluding hydrogens is 334 g/mol. The number of thioether (sulfide) groups is 1. The molecule has 2 rings (SSSR count). The van der Waals surface area contributed by atoms with Crippen molar-refractivity contribution in [1.29, 1.82) is 0 Å². The maximum absolute atomic E-state index is 13.6. The van der Waals surface area contributed by atoms with Crippen LogP contribution < -0.4 is 5.32 Å². The normalized spacial score (nSPS) is 11.3. The van der Waals surface area contributed by atoms with Gasteiger partial charge >= 0.3 is 0 Å². The van der Waals surface area contributed by atoms with Crippen LogP contribution in [0, 0.1) is 5.82 Å². The molecule has 22 heavy (non-hydrogen) atoms. The number of hydrogen-bond acceptors (Lipinski definition) is 6. The van der Waals surface area contributed by atoms with Crippen molar-refractivity contribution in [3.8, 4) is 0 Å². The average molecular weight is 344 g/mol. The molecule has 5 nitrogen and oxygen atoms in total. The fraction of sp³-hybridized carbons (Fsp3) is 0.0769. The Kier molecular flexibility index (Phi) is 5.35. The Labute approximate surface area is 133 Å². The summed E-state index contributed by atoms with van der Waals surface area (Å²) in [6, 6.07) is 8.27. The second kappa shape index (κ2) is 7.05. The fourth-order valence-electron chi connectivity index (χ4n) is 1.51. The highest BCUT2D eigenvalue weighted by Gasteiger charge is 2.28. The largest absolute Gasteiger partial charge is 0.347 e. The van der Waals surface area contributed by atoms with Crippen LogP contribution in [0.25, 0.3) is 0 Å². The molecular formula is C13H10F2N2O3S2. The van der Waals surface area contributed by atoms with Crippen molar-refractivity contribution in [1.82, 2.24) is 4.98 Å². The summed E-state index contributed by atoms with van der Waals surface area (Å²) in [7, 11) is 0. The van der Waals surface area contributed by atoms with Crippen LogP contribution in [-0.4, -0.2) is 25.6 Å². The summed E-state index contributed by atoms with van der Waals surface area (Å²) in [6.07, 6.45) is 1.45. The molecule has 0 aliphatic heterocycles. The van der Waals surface area contributed by atoms with Gasteiger partial charge in [0, 0.05) is 11.9 Å². The van der Waals surface area contributed by atoms with Crippen molar-refractivity contribution in [2.24, 2.45) is 0 Å². The Balaban J connectivity index is 2.17. The van der Waals surface area contributed by atoms with Gasteiger partial charge < -0.3 is 15.5 Å². The van der Waals surface area contributed by atoms with E-state index in [1.807, 2.05) is 0 Å². The lowest BCUT2D eigenvalue weighted by atomic mass is 10.3. The highest BCUT2D eigenvalue weighted by Crippen LogP contribution is 2.39. The van der Waals surface area contributed by atoms with Gasteiger partial charge in [-0.3, -0.25) is 9.78 Å². The van der Waals surface area contributed by atoms with E-state index in [0.29, 0.717) is 0 Å². The minimum atomic E-state index is -2.82. The lowest BCUT2D eigenvalue weighted by Gasteiger charge is -2.16. The van der Waals surface area contributed by atoms with E-state index in [9.17, 15) is 23.3 Å². The Hall–Kier alpha value is -1.68. The lowest BCUT2D eigenvalue weighted by molar-refractivity contribution is 0.00427. The molecule has 0 fully saturated rings. The van der Waals surface area contributed by atoms with E-state index in [4.69, 9.17) is 0 Å². The third kappa shape index (κ3) is 4.41. The van der Waals surface area contributed by atoms with Gasteiger partial charge in [0.1, 0.15) is 23.7 Å². The summed E-state index contributed by atoms with van der Waals surface area (Å²) in [5, 5.41) is 20.9. The summed E-state index contributed by atoms with van der Waals surface area (Å²) >= 11 is -0.576. The van der Waals surface area contributed by atoms with Gasteiger partial charge in [-0.2, -0.15) is 3.89 Å². The van der Waals surface area contributed by atoms with Crippen molar-refractivity contribution in [2.75, 3.05) is 5.32 Å². The SMILES string of the molecule is O=C(Nc1ccc(F)c(SC(O)(O)SF)c1)c1ccccn1. The van der Waals surface area contributed by atoms with Crippen LogP contribution in [0.4, 0.5) is 14.0 Å². The Morgan fingerprint density at radius 2 is 2.05 bits per heavy atom. The van der Waals surface area contributed by atoms with Gasteiger partial charge in [0.15, 0.2) is 0 Å². The number of nitrogens with zero attached hydrogens (tertiary/aromatic N) is 1. The van der Waals surface area contributed by atoms with E-state index in [1.165, 1.54) is 18.3 Å². The van der Waals surface area contributed by atoms with Crippen LogP contribution in [0.1, 0.15) is 10.5 Å².